The van der Waals surface area contributed by atoms with Gasteiger partial charge in [-0.15, -0.1) is 0 Å². The van der Waals surface area contributed by atoms with E-state index in [1.54, 1.807) is 0 Å². The second-order valence-corrected chi connectivity index (χ2v) is 6.82. The number of likely N-dealkylation sites (N-methyl/N-ethyl adjacent to an activating group) is 2. The standard InChI is InChI=1S/C16H32N4O3/c1-6-19(11-15(21)22)14-9-13(10-14)17-16(23)20(12(2)3)8-7-18(4)5/h12-14H,6-11H2,1-5H3,(H,17,23)(H,21,22). The zero-order valence-electron chi connectivity index (χ0n) is 15.1. The molecule has 1 fully saturated rings. The summed E-state index contributed by atoms with van der Waals surface area (Å²) in [6.45, 7) is 8.33. The Balaban J connectivity index is 2.42. The molecule has 0 heterocycles. The van der Waals surface area contributed by atoms with Crippen LogP contribution in [0.15, 0.2) is 0 Å². The van der Waals surface area contributed by atoms with Gasteiger partial charge in [-0.25, -0.2) is 4.79 Å². The fraction of sp³-hybridized carbons (Fsp3) is 0.875. The summed E-state index contributed by atoms with van der Waals surface area (Å²) in [5.41, 5.74) is 0. The molecule has 1 rings (SSSR count). The number of carbonyl (C=O) groups excluding carboxylic acids is 1. The van der Waals surface area contributed by atoms with Crippen LogP contribution >= 0.6 is 0 Å². The molecule has 2 amide bonds. The van der Waals surface area contributed by atoms with Crippen LogP contribution in [0, 0.1) is 0 Å². The summed E-state index contributed by atoms with van der Waals surface area (Å²) in [4.78, 5) is 29.1. The number of carboxylic acid groups (broad SMARTS) is 1. The van der Waals surface area contributed by atoms with Crippen LogP contribution in [-0.2, 0) is 4.79 Å². The van der Waals surface area contributed by atoms with Crippen LogP contribution in [0.1, 0.15) is 33.6 Å². The minimum Gasteiger partial charge on any atom is -0.480 e. The zero-order chi connectivity index (χ0) is 17.6. The molecule has 7 nitrogen and oxygen atoms in total. The average molecular weight is 328 g/mol. The van der Waals surface area contributed by atoms with Gasteiger partial charge in [0.05, 0.1) is 6.54 Å². The van der Waals surface area contributed by atoms with E-state index in [9.17, 15) is 9.59 Å². The fourth-order valence-electron chi connectivity index (χ4n) is 2.84. The third-order valence-electron chi connectivity index (χ3n) is 4.37. The number of rotatable bonds is 9. The van der Waals surface area contributed by atoms with Crippen molar-refractivity contribution in [1.29, 1.82) is 0 Å². The highest BCUT2D eigenvalue weighted by Crippen LogP contribution is 2.25. The number of hydrogen-bond donors (Lipinski definition) is 2. The molecule has 1 aliphatic rings. The zero-order valence-corrected chi connectivity index (χ0v) is 15.1. The SMILES string of the molecule is CCN(CC(=O)O)C1CC(NC(=O)N(CCN(C)C)C(C)C)C1. The van der Waals surface area contributed by atoms with Crippen LogP contribution in [0.5, 0.6) is 0 Å². The van der Waals surface area contributed by atoms with Gasteiger partial charge in [0, 0.05) is 31.2 Å². The largest absolute Gasteiger partial charge is 0.480 e. The molecule has 0 atom stereocenters. The molecule has 23 heavy (non-hydrogen) atoms. The summed E-state index contributed by atoms with van der Waals surface area (Å²) >= 11 is 0. The van der Waals surface area contributed by atoms with E-state index >= 15 is 0 Å². The number of hydrogen-bond acceptors (Lipinski definition) is 4. The smallest absolute Gasteiger partial charge is 0.317 e. The highest BCUT2D eigenvalue weighted by molar-refractivity contribution is 5.75. The first-order valence-corrected chi connectivity index (χ1v) is 8.42. The molecule has 0 saturated heterocycles. The van der Waals surface area contributed by atoms with Gasteiger partial charge >= 0.3 is 12.0 Å². The van der Waals surface area contributed by atoms with E-state index in [4.69, 9.17) is 5.11 Å². The van der Waals surface area contributed by atoms with Crippen LogP contribution in [-0.4, -0.2) is 90.2 Å². The Bertz CT molecular complexity index is 395. The monoisotopic (exact) mass is 328 g/mol. The molecule has 7 heteroatoms. The summed E-state index contributed by atoms with van der Waals surface area (Å²) in [5.74, 6) is -0.797. The lowest BCUT2D eigenvalue weighted by Gasteiger charge is -2.43. The summed E-state index contributed by atoms with van der Waals surface area (Å²) in [6.07, 6.45) is 1.65. The fourth-order valence-corrected chi connectivity index (χ4v) is 2.84. The van der Waals surface area contributed by atoms with Crippen molar-refractivity contribution in [2.75, 3.05) is 40.3 Å². The molecule has 0 spiro atoms. The first-order chi connectivity index (χ1) is 10.7. The molecule has 0 aromatic carbocycles. The average Bonchev–Trinajstić information content (AvgIpc) is 2.39. The van der Waals surface area contributed by atoms with Gasteiger partial charge in [0.25, 0.3) is 0 Å². The third-order valence-corrected chi connectivity index (χ3v) is 4.37. The number of urea groups is 1. The summed E-state index contributed by atoms with van der Waals surface area (Å²) in [7, 11) is 3.99. The Morgan fingerprint density at radius 3 is 2.26 bits per heavy atom. The lowest BCUT2D eigenvalue weighted by molar-refractivity contribution is -0.139. The quantitative estimate of drug-likeness (QED) is 0.658. The highest BCUT2D eigenvalue weighted by Gasteiger charge is 2.35. The van der Waals surface area contributed by atoms with Gasteiger partial charge in [0.2, 0.25) is 0 Å². The van der Waals surface area contributed by atoms with Crippen molar-refractivity contribution in [3.05, 3.63) is 0 Å². The van der Waals surface area contributed by atoms with Gasteiger partial charge in [-0.3, -0.25) is 9.69 Å². The number of nitrogens with one attached hydrogen (secondary N) is 1. The van der Waals surface area contributed by atoms with Crippen LogP contribution in [0.25, 0.3) is 0 Å². The number of amides is 2. The molecule has 0 aromatic rings. The Labute approximate surface area is 139 Å². The van der Waals surface area contributed by atoms with Crippen LogP contribution < -0.4 is 5.32 Å². The molecular formula is C16H32N4O3. The van der Waals surface area contributed by atoms with Crippen LogP contribution in [0.2, 0.25) is 0 Å². The summed E-state index contributed by atoms with van der Waals surface area (Å²) in [6, 6.07) is 0.545. The maximum absolute atomic E-state index is 12.4. The van der Waals surface area contributed by atoms with E-state index in [-0.39, 0.29) is 30.7 Å². The second-order valence-electron chi connectivity index (χ2n) is 6.82. The van der Waals surface area contributed by atoms with Crippen LogP contribution in [0.4, 0.5) is 4.79 Å². The third kappa shape index (κ3) is 6.35. The van der Waals surface area contributed by atoms with E-state index in [2.05, 4.69) is 10.2 Å². The molecule has 1 aliphatic carbocycles. The topological polar surface area (TPSA) is 76.1 Å². The van der Waals surface area contributed by atoms with Crippen molar-refractivity contribution in [3.63, 3.8) is 0 Å². The van der Waals surface area contributed by atoms with Crippen molar-refractivity contribution in [1.82, 2.24) is 20.0 Å². The molecule has 0 radical (unpaired) electrons. The number of carboxylic acids is 1. The molecular weight excluding hydrogens is 296 g/mol. The molecule has 0 aliphatic heterocycles. The van der Waals surface area contributed by atoms with Gasteiger partial charge < -0.3 is 20.2 Å². The van der Waals surface area contributed by atoms with Crippen molar-refractivity contribution >= 4 is 12.0 Å². The van der Waals surface area contributed by atoms with Crippen molar-refractivity contribution < 1.29 is 14.7 Å². The van der Waals surface area contributed by atoms with E-state index in [1.165, 1.54) is 0 Å². The van der Waals surface area contributed by atoms with Crippen molar-refractivity contribution in [2.45, 2.75) is 51.7 Å². The van der Waals surface area contributed by atoms with E-state index in [1.807, 2.05) is 44.7 Å². The van der Waals surface area contributed by atoms with E-state index < -0.39 is 5.97 Å². The maximum Gasteiger partial charge on any atom is 0.317 e. The van der Waals surface area contributed by atoms with Gasteiger partial charge in [-0.2, -0.15) is 0 Å². The Hall–Kier alpha value is -1.34. The van der Waals surface area contributed by atoms with Gasteiger partial charge in [-0.05, 0) is 47.3 Å². The normalized spacial score (nSPS) is 20.7. The number of aliphatic carboxylic acids is 1. The first-order valence-electron chi connectivity index (χ1n) is 8.42. The van der Waals surface area contributed by atoms with Crippen molar-refractivity contribution in [3.8, 4) is 0 Å². The van der Waals surface area contributed by atoms with Crippen molar-refractivity contribution in [2.24, 2.45) is 0 Å². The second kappa shape index (κ2) is 9.08. The molecule has 1 saturated carbocycles. The Morgan fingerprint density at radius 1 is 1.22 bits per heavy atom. The molecule has 134 valence electrons. The predicted octanol–water partition coefficient (Wildman–Crippen LogP) is 0.906. The maximum atomic E-state index is 12.4. The Kier molecular flexibility index (Phi) is 7.78. The van der Waals surface area contributed by atoms with Gasteiger partial charge in [0.1, 0.15) is 0 Å². The minimum absolute atomic E-state index is 0.0217. The number of carbonyl (C=O) groups is 2. The lowest BCUT2D eigenvalue weighted by Crippen LogP contribution is -2.58. The first kappa shape index (κ1) is 19.7. The molecule has 0 aromatic heterocycles. The van der Waals surface area contributed by atoms with E-state index in [0.29, 0.717) is 6.54 Å². The predicted molar refractivity (Wildman–Crippen MR) is 90.6 cm³/mol. The molecule has 0 bridgehead atoms. The minimum atomic E-state index is -0.797. The van der Waals surface area contributed by atoms with E-state index in [0.717, 1.165) is 25.9 Å². The van der Waals surface area contributed by atoms with Gasteiger partial charge in [-0.1, -0.05) is 6.92 Å². The number of nitrogens with zero attached hydrogens (tertiary/aromatic N) is 3. The highest BCUT2D eigenvalue weighted by atomic mass is 16.4. The summed E-state index contributed by atoms with van der Waals surface area (Å²) in [5, 5.41) is 12.0. The summed E-state index contributed by atoms with van der Waals surface area (Å²) < 4.78 is 0. The molecule has 2 N–H and O–H groups in total. The van der Waals surface area contributed by atoms with Gasteiger partial charge in [0.15, 0.2) is 0 Å². The lowest BCUT2D eigenvalue weighted by atomic mass is 9.85. The Morgan fingerprint density at radius 2 is 1.83 bits per heavy atom. The van der Waals surface area contributed by atoms with Crippen LogP contribution in [0.3, 0.4) is 0 Å². The molecule has 0 unspecified atom stereocenters.